The fourth-order valence-electron chi connectivity index (χ4n) is 1.24. The lowest BCUT2D eigenvalue weighted by Gasteiger charge is -2.13. The molecule has 0 fully saturated rings. The molecule has 8 heteroatoms. The van der Waals surface area contributed by atoms with Gasteiger partial charge in [0, 0.05) is 5.02 Å². The average Bonchev–Trinajstić information content (AvgIpc) is 2.28. The van der Waals surface area contributed by atoms with Crippen LogP contribution in [0.3, 0.4) is 0 Å². The molecule has 0 aliphatic rings. The Morgan fingerprint density at radius 2 is 1.95 bits per heavy atom. The predicted octanol–water partition coefficient (Wildman–Crippen LogP) is 2.74. The molecule has 1 rings (SSSR count). The summed E-state index contributed by atoms with van der Waals surface area (Å²) in [4.78, 5) is 11.2. The molecule has 19 heavy (non-hydrogen) atoms. The van der Waals surface area contributed by atoms with Gasteiger partial charge in [-0.3, -0.25) is 4.79 Å². The first-order valence-corrected chi connectivity index (χ1v) is 5.40. The molecular weight excluding hydrogens is 306 g/mol. The SMILES string of the molecule is Cl.N[C@@H](Cc1ccccc1Cl)C(=O)OCC(F)(F)F. The Morgan fingerprint density at radius 3 is 2.47 bits per heavy atom. The number of carbonyl (C=O) groups is 1. The maximum atomic E-state index is 11.8. The van der Waals surface area contributed by atoms with Gasteiger partial charge in [-0.15, -0.1) is 12.4 Å². The Morgan fingerprint density at radius 1 is 1.37 bits per heavy atom. The van der Waals surface area contributed by atoms with Crippen molar-refractivity contribution in [2.45, 2.75) is 18.6 Å². The molecule has 0 radical (unpaired) electrons. The van der Waals surface area contributed by atoms with Gasteiger partial charge in [0.1, 0.15) is 6.04 Å². The summed E-state index contributed by atoms with van der Waals surface area (Å²) < 4.78 is 39.5. The number of halogens is 5. The molecule has 0 spiro atoms. The fourth-order valence-corrected chi connectivity index (χ4v) is 1.46. The van der Waals surface area contributed by atoms with Crippen molar-refractivity contribution in [2.24, 2.45) is 5.73 Å². The van der Waals surface area contributed by atoms with Crippen LogP contribution in [0.4, 0.5) is 13.2 Å². The lowest BCUT2D eigenvalue weighted by Crippen LogP contribution is -2.36. The molecule has 1 aromatic rings. The Labute approximate surface area is 119 Å². The molecule has 0 aliphatic heterocycles. The van der Waals surface area contributed by atoms with E-state index in [9.17, 15) is 18.0 Å². The number of ether oxygens (including phenoxy) is 1. The molecule has 0 saturated heterocycles. The summed E-state index contributed by atoms with van der Waals surface area (Å²) in [6, 6.07) is 5.45. The molecule has 0 amide bonds. The quantitative estimate of drug-likeness (QED) is 0.869. The minimum atomic E-state index is -4.56. The van der Waals surface area contributed by atoms with Gasteiger partial charge in [0.05, 0.1) is 0 Å². The van der Waals surface area contributed by atoms with E-state index in [0.29, 0.717) is 10.6 Å². The Hall–Kier alpha value is -0.980. The Kier molecular flexibility index (Phi) is 7.18. The van der Waals surface area contributed by atoms with Crippen LogP contribution in [0.15, 0.2) is 24.3 Å². The van der Waals surface area contributed by atoms with Crippen LogP contribution in [0, 0.1) is 0 Å². The summed E-state index contributed by atoms with van der Waals surface area (Å²) in [6.07, 6.45) is -4.53. The maximum absolute atomic E-state index is 11.8. The molecule has 3 nitrogen and oxygen atoms in total. The number of benzene rings is 1. The van der Waals surface area contributed by atoms with Gasteiger partial charge in [0.15, 0.2) is 6.61 Å². The van der Waals surface area contributed by atoms with E-state index in [4.69, 9.17) is 17.3 Å². The van der Waals surface area contributed by atoms with Gasteiger partial charge in [0.25, 0.3) is 0 Å². The van der Waals surface area contributed by atoms with Gasteiger partial charge in [-0.25, -0.2) is 0 Å². The Balaban J connectivity index is 0.00000324. The highest BCUT2D eigenvalue weighted by Gasteiger charge is 2.30. The molecule has 2 N–H and O–H groups in total. The standard InChI is InChI=1S/C11H11ClF3NO2.ClH/c12-8-4-2-1-3-7(8)5-9(16)10(17)18-6-11(13,14)15;/h1-4,9H,5-6,16H2;1H/t9-;/m0./s1. The van der Waals surface area contributed by atoms with Crippen LogP contribution in [-0.2, 0) is 16.0 Å². The third kappa shape index (κ3) is 6.66. The second-order valence-electron chi connectivity index (χ2n) is 3.62. The van der Waals surface area contributed by atoms with E-state index >= 15 is 0 Å². The summed E-state index contributed by atoms with van der Waals surface area (Å²) in [7, 11) is 0. The number of hydrogen-bond donors (Lipinski definition) is 1. The van der Waals surface area contributed by atoms with E-state index < -0.39 is 24.8 Å². The zero-order chi connectivity index (χ0) is 13.8. The van der Waals surface area contributed by atoms with Crippen LogP contribution >= 0.6 is 24.0 Å². The summed E-state index contributed by atoms with van der Waals surface area (Å²) >= 11 is 5.83. The van der Waals surface area contributed by atoms with Crippen molar-refractivity contribution in [1.82, 2.24) is 0 Å². The maximum Gasteiger partial charge on any atom is 0.422 e. The van der Waals surface area contributed by atoms with Gasteiger partial charge in [-0.1, -0.05) is 29.8 Å². The fraction of sp³-hybridized carbons (Fsp3) is 0.364. The molecule has 0 aromatic heterocycles. The number of carbonyl (C=O) groups excluding carboxylic acids is 1. The lowest BCUT2D eigenvalue weighted by molar-refractivity contribution is -0.187. The van der Waals surface area contributed by atoms with Crippen LogP contribution in [0.2, 0.25) is 5.02 Å². The predicted molar refractivity (Wildman–Crippen MR) is 67.4 cm³/mol. The van der Waals surface area contributed by atoms with Gasteiger partial charge in [-0.05, 0) is 18.1 Å². The molecule has 0 unspecified atom stereocenters. The summed E-state index contributed by atoms with van der Waals surface area (Å²) in [5.74, 6) is -1.10. The van der Waals surface area contributed by atoms with Gasteiger partial charge >= 0.3 is 12.1 Å². The number of esters is 1. The molecule has 0 bridgehead atoms. The molecule has 1 atom stereocenters. The molecule has 0 heterocycles. The largest absolute Gasteiger partial charge is 0.455 e. The first-order chi connectivity index (χ1) is 8.29. The normalized spacial score (nSPS) is 12.5. The van der Waals surface area contributed by atoms with Crippen LogP contribution in [0.25, 0.3) is 0 Å². The minimum Gasteiger partial charge on any atom is -0.455 e. The van der Waals surface area contributed by atoms with Crippen molar-refractivity contribution in [3.05, 3.63) is 34.9 Å². The van der Waals surface area contributed by atoms with E-state index in [2.05, 4.69) is 4.74 Å². The highest BCUT2D eigenvalue weighted by molar-refractivity contribution is 6.31. The number of hydrogen-bond acceptors (Lipinski definition) is 3. The van der Waals surface area contributed by atoms with Crippen LogP contribution in [0.5, 0.6) is 0 Å². The molecular formula is C11H12Cl2F3NO2. The van der Waals surface area contributed by atoms with Gasteiger partial charge in [-0.2, -0.15) is 13.2 Å². The van der Waals surface area contributed by atoms with Crippen molar-refractivity contribution in [3.8, 4) is 0 Å². The Bertz CT molecular complexity index is 427. The highest BCUT2D eigenvalue weighted by atomic mass is 35.5. The van der Waals surface area contributed by atoms with Crippen molar-refractivity contribution in [1.29, 1.82) is 0 Å². The van der Waals surface area contributed by atoms with Crippen LogP contribution in [0.1, 0.15) is 5.56 Å². The van der Waals surface area contributed by atoms with Crippen molar-refractivity contribution >= 4 is 30.0 Å². The van der Waals surface area contributed by atoms with Crippen LogP contribution < -0.4 is 5.73 Å². The van der Waals surface area contributed by atoms with Crippen LogP contribution in [-0.4, -0.2) is 24.8 Å². The average molecular weight is 318 g/mol. The molecule has 108 valence electrons. The van der Waals surface area contributed by atoms with E-state index in [-0.39, 0.29) is 18.8 Å². The first kappa shape index (κ1) is 18.0. The second kappa shape index (κ2) is 7.57. The van der Waals surface area contributed by atoms with Crippen molar-refractivity contribution in [2.75, 3.05) is 6.61 Å². The third-order valence-corrected chi connectivity index (χ3v) is 2.45. The first-order valence-electron chi connectivity index (χ1n) is 5.02. The van der Waals surface area contributed by atoms with E-state index in [1.165, 1.54) is 0 Å². The monoisotopic (exact) mass is 317 g/mol. The van der Waals surface area contributed by atoms with E-state index in [1.54, 1.807) is 24.3 Å². The second-order valence-corrected chi connectivity index (χ2v) is 4.03. The van der Waals surface area contributed by atoms with Gasteiger partial charge in [0.2, 0.25) is 0 Å². The highest BCUT2D eigenvalue weighted by Crippen LogP contribution is 2.18. The smallest absolute Gasteiger partial charge is 0.422 e. The number of alkyl halides is 3. The van der Waals surface area contributed by atoms with Gasteiger partial charge < -0.3 is 10.5 Å². The van der Waals surface area contributed by atoms with E-state index in [0.717, 1.165) is 0 Å². The molecule has 0 aliphatic carbocycles. The molecule has 0 saturated carbocycles. The summed E-state index contributed by atoms with van der Waals surface area (Å²) in [5, 5.41) is 0.400. The summed E-state index contributed by atoms with van der Waals surface area (Å²) in [5.41, 5.74) is 6.03. The third-order valence-electron chi connectivity index (χ3n) is 2.08. The molecule has 1 aromatic carbocycles. The topological polar surface area (TPSA) is 52.3 Å². The minimum absolute atomic E-state index is 0. The number of nitrogens with two attached hydrogens (primary N) is 1. The lowest BCUT2D eigenvalue weighted by atomic mass is 10.1. The number of rotatable bonds is 4. The zero-order valence-corrected chi connectivity index (χ0v) is 11.2. The van der Waals surface area contributed by atoms with Crippen molar-refractivity contribution in [3.63, 3.8) is 0 Å². The van der Waals surface area contributed by atoms with Crippen molar-refractivity contribution < 1.29 is 22.7 Å². The van der Waals surface area contributed by atoms with E-state index in [1.807, 2.05) is 0 Å². The summed E-state index contributed by atoms with van der Waals surface area (Å²) in [6.45, 7) is -1.64. The zero-order valence-electron chi connectivity index (χ0n) is 9.61.